The van der Waals surface area contributed by atoms with Crippen molar-refractivity contribution in [2.45, 2.75) is 0 Å². The van der Waals surface area contributed by atoms with Crippen molar-refractivity contribution in [3.8, 4) is 0 Å². The standard InChI is InChI=1S/C12H9Cl2N3O3/c13-7-3-4-9(8(14)6-7)15-12(19)17-16-11(18)10-2-1-5-20-10/h1-6H,(H,16,18)(H2,15,17,19). The van der Waals surface area contributed by atoms with Crippen LogP contribution in [-0.4, -0.2) is 11.9 Å². The number of amides is 3. The van der Waals surface area contributed by atoms with E-state index in [1.165, 1.54) is 18.4 Å². The molecule has 0 aliphatic carbocycles. The molecule has 0 fully saturated rings. The van der Waals surface area contributed by atoms with Crippen LogP contribution in [0.1, 0.15) is 10.6 Å². The number of furan rings is 1. The van der Waals surface area contributed by atoms with Crippen LogP contribution in [0, 0.1) is 0 Å². The second-order valence-corrected chi connectivity index (χ2v) is 4.48. The van der Waals surface area contributed by atoms with E-state index in [1.807, 2.05) is 0 Å². The molecule has 2 aromatic rings. The Morgan fingerprint density at radius 2 is 1.90 bits per heavy atom. The number of rotatable bonds is 2. The van der Waals surface area contributed by atoms with Gasteiger partial charge in [0.2, 0.25) is 0 Å². The van der Waals surface area contributed by atoms with Gasteiger partial charge in [-0.2, -0.15) is 0 Å². The van der Waals surface area contributed by atoms with E-state index in [2.05, 4.69) is 16.2 Å². The number of benzene rings is 1. The van der Waals surface area contributed by atoms with Crippen molar-refractivity contribution in [3.05, 3.63) is 52.4 Å². The van der Waals surface area contributed by atoms with Gasteiger partial charge in [0, 0.05) is 5.02 Å². The first-order valence-corrected chi connectivity index (χ1v) is 6.18. The van der Waals surface area contributed by atoms with Crippen molar-refractivity contribution in [1.29, 1.82) is 0 Å². The van der Waals surface area contributed by atoms with Gasteiger partial charge in [0.1, 0.15) is 0 Å². The number of halogens is 2. The minimum absolute atomic E-state index is 0.0785. The molecule has 3 amide bonds. The van der Waals surface area contributed by atoms with Crippen LogP contribution in [0.15, 0.2) is 41.0 Å². The maximum absolute atomic E-state index is 11.6. The summed E-state index contributed by atoms with van der Waals surface area (Å²) < 4.78 is 4.86. The third-order valence-electron chi connectivity index (χ3n) is 2.21. The normalized spacial score (nSPS) is 9.90. The van der Waals surface area contributed by atoms with E-state index >= 15 is 0 Å². The van der Waals surface area contributed by atoms with Gasteiger partial charge in [0.15, 0.2) is 5.76 Å². The van der Waals surface area contributed by atoms with E-state index < -0.39 is 11.9 Å². The lowest BCUT2D eigenvalue weighted by atomic mass is 10.3. The summed E-state index contributed by atoms with van der Waals surface area (Å²) in [7, 11) is 0. The van der Waals surface area contributed by atoms with Crippen molar-refractivity contribution in [3.63, 3.8) is 0 Å². The van der Waals surface area contributed by atoms with Gasteiger partial charge in [0.05, 0.1) is 17.0 Å². The van der Waals surface area contributed by atoms with E-state index in [0.29, 0.717) is 10.7 Å². The lowest BCUT2D eigenvalue weighted by molar-refractivity contribution is 0.0910. The molecule has 104 valence electrons. The van der Waals surface area contributed by atoms with Crippen molar-refractivity contribution in [1.82, 2.24) is 10.9 Å². The van der Waals surface area contributed by atoms with Crippen LogP contribution < -0.4 is 16.2 Å². The van der Waals surface area contributed by atoms with Crippen LogP contribution in [0.5, 0.6) is 0 Å². The first-order valence-electron chi connectivity index (χ1n) is 5.42. The van der Waals surface area contributed by atoms with Crippen LogP contribution in [0.4, 0.5) is 10.5 Å². The Kier molecular flexibility index (Phi) is 4.49. The summed E-state index contributed by atoms with van der Waals surface area (Å²) in [6, 6.07) is 6.96. The predicted molar refractivity (Wildman–Crippen MR) is 74.8 cm³/mol. The highest BCUT2D eigenvalue weighted by atomic mass is 35.5. The molecule has 6 nitrogen and oxygen atoms in total. The SMILES string of the molecule is O=C(NNC(=O)c1ccco1)Nc1ccc(Cl)cc1Cl. The van der Waals surface area contributed by atoms with Crippen molar-refractivity contribution in [2.24, 2.45) is 0 Å². The molecular formula is C12H9Cl2N3O3. The monoisotopic (exact) mass is 313 g/mol. The number of hydrogen-bond acceptors (Lipinski definition) is 3. The fraction of sp³-hybridized carbons (Fsp3) is 0. The first kappa shape index (κ1) is 14.2. The molecule has 0 aliphatic rings. The fourth-order valence-electron chi connectivity index (χ4n) is 1.33. The van der Waals surface area contributed by atoms with Crippen LogP contribution in [-0.2, 0) is 0 Å². The van der Waals surface area contributed by atoms with E-state index in [1.54, 1.807) is 18.2 Å². The van der Waals surface area contributed by atoms with Gasteiger partial charge in [0.25, 0.3) is 0 Å². The van der Waals surface area contributed by atoms with E-state index in [9.17, 15) is 9.59 Å². The zero-order valence-electron chi connectivity index (χ0n) is 9.94. The molecule has 0 unspecified atom stereocenters. The minimum atomic E-state index is -0.658. The molecule has 0 atom stereocenters. The average Bonchev–Trinajstić information content (AvgIpc) is 2.93. The topological polar surface area (TPSA) is 83.4 Å². The number of carbonyl (C=O) groups is 2. The molecule has 20 heavy (non-hydrogen) atoms. The molecule has 0 saturated carbocycles. The fourth-order valence-corrected chi connectivity index (χ4v) is 1.78. The second-order valence-electron chi connectivity index (χ2n) is 3.63. The number of carbonyl (C=O) groups excluding carboxylic acids is 2. The summed E-state index contributed by atoms with van der Waals surface area (Å²) in [6.45, 7) is 0. The first-order chi connectivity index (χ1) is 9.56. The Labute approximate surface area is 124 Å². The number of urea groups is 1. The number of anilines is 1. The molecule has 3 N–H and O–H groups in total. The zero-order valence-corrected chi connectivity index (χ0v) is 11.5. The van der Waals surface area contributed by atoms with Crippen molar-refractivity contribution in [2.75, 3.05) is 5.32 Å². The lowest BCUT2D eigenvalue weighted by Crippen LogP contribution is -2.43. The van der Waals surface area contributed by atoms with E-state index in [0.717, 1.165) is 0 Å². The average molecular weight is 314 g/mol. The highest BCUT2D eigenvalue weighted by molar-refractivity contribution is 6.36. The summed E-state index contributed by atoms with van der Waals surface area (Å²) >= 11 is 11.6. The molecule has 0 radical (unpaired) electrons. The van der Waals surface area contributed by atoms with Crippen LogP contribution in [0.25, 0.3) is 0 Å². The summed E-state index contributed by atoms with van der Waals surface area (Å²) in [5.74, 6) is -0.498. The molecule has 0 spiro atoms. The van der Waals surface area contributed by atoms with Crippen LogP contribution >= 0.6 is 23.2 Å². The van der Waals surface area contributed by atoms with Gasteiger partial charge in [-0.05, 0) is 30.3 Å². The summed E-state index contributed by atoms with van der Waals surface area (Å²) in [4.78, 5) is 23.0. The predicted octanol–water partition coefficient (Wildman–Crippen LogP) is 3.05. The largest absolute Gasteiger partial charge is 0.459 e. The lowest BCUT2D eigenvalue weighted by Gasteiger charge is -2.09. The van der Waals surface area contributed by atoms with Gasteiger partial charge >= 0.3 is 11.9 Å². The quantitative estimate of drug-likeness (QED) is 0.745. The minimum Gasteiger partial charge on any atom is -0.459 e. The molecule has 2 rings (SSSR count). The summed E-state index contributed by atoms with van der Waals surface area (Å²) in [5, 5.41) is 3.19. The van der Waals surface area contributed by atoms with Crippen molar-refractivity contribution >= 4 is 40.8 Å². The second kappa shape index (κ2) is 6.31. The summed E-state index contributed by atoms with van der Waals surface area (Å²) in [5.41, 5.74) is 4.69. The zero-order chi connectivity index (χ0) is 14.5. The van der Waals surface area contributed by atoms with Crippen molar-refractivity contribution < 1.29 is 14.0 Å². The highest BCUT2D eigenvalue weighted by Gasteiger charge is 2.10. The summed E-state index contributed by atoms with van der Waals surface area (Å²) in [6.07, 6.45) is 1.35. The molecule has 1 aromatic carbocycles. The Morgan fingerprint density at radius 3 is 2.55 bits per heavy atom. The Balaban J connectivity index is 1.88. The van der Waals surface area contributed by atoms with Gasteiger partial charge in [-0.1, -0.05) is 23.2 Å². The molecule has 0 bridgehead atoms. The van der Waals surface area contributed by atoms with Crippen LogP contribution in [0.2, 0.25) is 10.0 Å². The van der Waals surface area contributed by atoms with E-state index in [-0.39, 0.29) is 10.8 Å². The maximum atomic E-state index is 11.6. The van der Waals surface area contributed by atoms with Gasteiger partial charge < -0.3 is 9.73 Å². The molecule has 8 heteroatoms. The third kappa shape index (κ3) is 3.66. The van der Waals surface area contributed by atoms with Gasteiger partial charge in [-0.3, -0.25) is 10.2 Å². The Bertz CT molecular complexity index is 629. The van der Waals surface area contributed by atoms with Crippen LogP contribution in [0.3, 0.4) is 0 Å². The highest BCUT2D eigenvalue weighted by Crippen LogP contribution is 2.25. The Morgan fingerprint density at radius 1 is 1.10 bits per heavy atom. The Hall–Kier alpha value is -2.18. The molecule has 0 saturated heterocycles. The number of hydrogen-bond donors (Lipinski definition) is 3. The molecule has 1 aromatic heterocycles. The van der Waals surface area contributed by atoms with Gasteiger partial charge in [-0.15, -0.1) is 0 Å². The van der Waals surface area contributed by atoms with Gasteiger partial charge in [-0.25, -0.2) is 10.2 Å². The molecular weight excluding hydrogens is 305 g/mol. The number of hydrazine groups is 1. The third-order valence-corrected chi connectivity index (χ3v) is 2.76. The molecule has 0 aliphatic heterocycles. The maximum Gasteiger partial charge on any atom is 0.337 e. The van der Waals surface area contributed by atoms with E-state index in [4.69, 9.17) is 27.6 Å². The molecule has 1 heterocycles. The smallest absolute Gasteiger partial charge is 0.337 e. The number of nitrogens with one attached hydrogen (secondary N) is 3.